The Morgan fingerprint density at radius 1 is 1.41 bits per heavy atom. The Hall–Kier alpha value is -2.70. The SMILES string of the molecule is Cc1ccc(NCC2CNc3nc(N)[nH]c(=O)c3N2C)cc1. The number of fused-ring (bicyclic) bond motifs is 1. The molecule has 0 saturated heterocycles. The number of rotatable bonds is 3. The molecule has 0 radical (unpaired) electrons. The number of H-pyrrole nitrogens is 1. The van der Waals surface area contributed by atoms with Crippen LogP contribution in [0.15, 0.2) is 29.1 Å². The molecular weight excluding hydrogens is 280 g/mol. The molecule has 0 bridgehead atoms. The number of benzene rings is 1. The first-order valence-electron chi connectivity index (χ1n) is 7.21. The van der Waals surface area contributed by atoms with E-state index in [9.17, 15) is 4.79 Å². The number of aromatic nitrogens is 2. The maximum atomic E-state index is 12.1. The van der Waals surface area contributed by atoms with E-state index < -0.39 is 0 Å². The van der Waals surface area contributed by atoms with E-state index in [1.807, 2.05) is 11.9 Å². The minimum atomic E-state index is -0.225. The minimum Gasteiger partial charge on any atom is -0.383 e. The number of anilines is 4. The summed E-state index contributed by atoms with van der Waals surface area (Å²) in [6.45, 7) is 3.47. The van der Waals surface area contributed by atoms with Crippen molar-refractivity contribution in [1.82, 2.24) is 9.97 Å². The minimum absolute atomic E-state index is 0.126. The van der Waals surface area contributed by atoms with Crippen LogP contribution in [0.1, 0.15) is 5.56 Å². The van der Waals surface area contributed by atoms with E-state index in [1.165, 1.54) is 5.56 Å². The number of hydrogen-bond donors (Lipinski definition) is 4. The van der Waals surface area contributed by atoms with Gasteiger partial charge >= 0.3 is 0 Å². The molecule has 0 fully saturated rings. The molecule has 7 heteroatoms. The Morgan fingerprint density at radius 3 is 2.86 bits per heavy atom. The van der Waals surface area contributed by atoms with Gasteiger partial charge in [0.15, 0.2) is 5.82 Å². The third-order valence-electron chi connectivity index (χ3n) is 3.91. The van der Waals surface area contributed by atoms with Crippen molar-refractivity contribution in [2.24, 2.45) is 0 Å². The van der Waals surface area contributed by atoms with Crippen molar-refractivity contribution in [3.05, 3.63) is 40.2 Å². The topological polar surface area (TPSA) is 99.1 Å². The molecule has 7 nitrogen and oxygen atoms in total. The number of aryl methyl sites for hydroxylation is 1. The Morgan fingerprint density at radius 2 is 2.14 bits per heavy atom. The lowest BCUT2D eigenvalue weighted by Gasteiger charge is -2.35. The maximum absolute atomic E-state index is 12.1. The van der Waals surface area contributed by atoms with Gasteiger partial charge in [-0.3, -0.25) is 9.78 Å². The molecule has 0 saturated carbocycles. The molecular formula is C15H20N6O. The fourth-order valence-electron chi connectivity index (χ4n) is 2.59. The number of nitrogens with zero attached hydrogens (tertiary/aromatic N) is 2. The summed E-state index contributed by atoms with van der Waals surface area (Å²) in [6.07, 6.45) is 0. The fourth-order valence-corrected chi connectivity index (χ4v) is 2.59. The molecule has 1 aromatic carbocycles. The van der Waals surface area contributed by atoms with Crippen LogP contribution in [0.3, 0.4) is 0 Å². The number of nitrogen functional groups attached to an aromatic ring is 1. The van der Waals surface area contributed by atoms with Gasteiger partial charge in [-0.15, -0.1) is 0 Å². The maximum Gasteiger partial charge on any atom is 0.278 e. The van der Waals surface area contributed by atoms with Crippen LogP contribution in [-0.4, -0.2) is 36.1 Å². The number of nitrogens with two attached hydrogens (primary N) is 1. The van der Waals surface area contributed by atoms with Crippen molar-refractivity contribution >= 4 is 23.1 Å². The first-order chi connectivity index (χ1) is 10.5. The van der Waals surface area contributed by atoms with Gasteiger partial charge in [0.25, 0.3) is 5.56 Å². The van der Waals surface area contributed by atoms with Gasteiger partial charge in [0.2, 0.25) is 5.95 Å². The van der Waals surface area contributed by atoms with Crippen LogP contribution in [0, 0.1) is 6.92 Å². The van der Waals surface area contributed by atoms with E-state index in [1.54, 1.807) is 0 Å². The molecule has 2 aromatic rings. The quantitative estimate of drug-likeness (QED) is 0.675. The van der Waals surface area contributed by atoms with E-state index in [0.717, 1.165) is 12.2 Å². The monoisotopic (exact) mass is 300 g/mol. The average molecular weight is 300 g/mol. The summed E-state index contributed by atoms with van der Waals surface area (Å²) in [5.41, 5.74) is 8.16. The van der Waals surface area contributed by atoms with Gasteiger partial charge in [-0.05, 0) is 19.1 Å². The van der Waals surface area contributed by atoms with Crippen molar-refractivity contribution in [3.63, 3.8) is 0 Å². The zero-order valence-electron chi connectivity index (χ0n) is 12.7. The molecule has 1 atom stereocenters. The van der Waals surface area contributed by atoms with Crippen LogP contribution < -0.4 is 26.8 Å². The van der Waals surface area contributed by atoms with Crippen molar-refractivity contribution in [2.45, 2.75) is 13.0 Å². The highest BCUT2D eigenvalue weighted by Crippen LogP contribution is 2.24. The van der Waals surface area contributed by atoms with Gasteiger partial charge in [-0.2, -0.15) is 4.98 Å². The second-order valence-corrected chi connectivity index (χ2v) is 5.54. The van der Waals surface area contributed by atoms with Gasteiger partial charge in [-0.25, -0.2) is 0 Å². The van der Waals surface area contributed by atoms with Crippen LogP contribution in [0.4, 0.5) is 23.1 Å². The van der Waals surface area contributed by atoms with Crippen LogP contribution in [-0.2, 0) is 0 Å². The summed E-state index contributed by atoms with van der Waals surface area (Å²) in [5, 5.41) is 6.57. The third-order valence-corrected chi connectivity index (χ3v) is 3.91. The summed E-state index contributed by atoms with van der Waals surface area (Å²) in [5.74, 6) is 0.663. The molecule has 116 valence electrons. The largest absolute Gasteiger partial charge is 0.383 e. The second kappa shape index (κ2) is 5.59. The molecule has 2 heterocycles. The van der Waals surface area contributed by atoms with E-state index >= 15 is 0 Å². The zero-order chi connectivity index (χ0) is 15.7. The average Bonchev–Trinajstić information content (AvgIpc) is 2.47. The predicted molar refractivity (Wildman–Crippen MR) is 89.6 cm³/mol. The van der Waals surface area contributed by atoms with Gasteiger partial charge < -0.3 is 21.3 Å². The second-order valence-electron chi connectivity index (χ2n) is 5.54. The Kier molecular flexibility index (Phi) is 3.62. The highest BCUT2D eigenvalue weighted by molar-refractivity contribution is 5.68. The lowest BCUT2D eigenvalue weighted by atomic mass is 10.1. The molecule has 1 aliphatic heterocycles. The fraction of sp³-hybridized carbons (Fsp3) is 0.333. The number of aromatic amines is 1. The number of nitrogens with one attached hydrogen (secondary N) is 3. The molecule has 0 aliphatic carbocycles. The van der Waals surface area contributed by atoms with Gasteiger partial charge in [0.05, 0.1) is 6.04 Å². The van der Waals surface area contributed by atoms with Crippen molar-refractivity contribution < 1.29 is 0 Å². The van der Waals surface area contributed by atoms with Gasteiger partial charge in [0.1, 0.15) is 5.69 Å². The molecule has 1 aliphatic rings. The first kappa shape index (κ1) is 14.2. The molecule has 1 aromatic heterocycles. The summed E-state index contributed by atoms with van der Waals surface area (Å²) >= 11 is 0. The molecule has 0 amide bonds. The zero-order valence-corrected chi connectivity index (χ0v) is 12.7. The normalized spacial score (nSPS) is 16.8. The Labute approximate surface area is 128 Å². The van der Waals surface area contributed by atoms with Crippen LogP contribution >= 0.6 is 0 Å². The summed E-state index contributed by atoms with van der Waals surface area (Å²) in [4.78, 5) is 20.7. The van der Waals surface area contributed by atoms with E-state index in [-0.39, 0.29) is 17.5 Å². The van der Waals surface area contributed by atoms with E-state index in [2.05, 4.69) is 51.8 Å². The molecule has 1 unspecified atom stereocenters. The van der Waals surface area contributed by atoms with Crippen LogP contribution in [0.25, 0.3) is 0 Å². The first-order valence-corrected chi connectivity index (χ1v) is 7.21. The lowest BCUT2D eigenvalue weighted by Crippen LogP contribution is -2.48. The van der Waals surface area contributed by atoms with Crippen molar-refractivity contribution in [1.29, 1.82) is 0 Å². The van der Waals surface area contributed by atoms with Gasteiger partial charge in [0, 0.05) is 25.8 Å². The van der Waals surface area contributed by atoms with Gasteiger partial charge in [-0.1, -0.05) is 17.7 Å². The predicted octanol–water partition coefficient (Wildman–Crippen LogP) is 1.00. The summed E-state index contributed by atoms with van der Waals surface area (Å²) < 4.78 is 0. The van der Waals surface area contributed by atoms with Crippen molar-refractivity contribution in [2.75, 3.05) is 41.4 Å². The molecule has 5 N–H and O–H groups in total. The third kappa shape index (κ3) is 2.69. The van der Waals surface area contributed by atoms with Crippen molar-refractivity contribution in [3.8, 4) is 0 Å². The standard InChI is InChI=1S/C15H20N6O/c1-9-3-5-10(6-4-9)17-7-11-8-18-13-12(21(11)2)14(22)20-15(16)19-13/h3-6,11,17H,7-8H2,1-2H3,(H4,16,18,19,20,22). The summed E-state index contributed by atoms with van der Waals surface area (Å²) in [7, 11) is 1.90. The Balaban J connectivity index is 1.74. The van der Waals surface area contributed by atoms with E-state index in [0.29, 0.717) is 18.1 Å². The van der Waals surface area contributed by atoms with Crippen LogP contribution in [0.5, 0.6) is 0 Å². The lowest BCUT2D eigenvalue weighted by molar-refractivity contribution is 0.660. The smallest absolute Gasteiger partial charge is 0.278 e. The Bertz CT molecular complexity index is 724. The highest BCUT2D eigenvalue weighted by atomic mass is 16.1. The summed E-state index contributed by atoms with van der Waals surface area (Å²) in [6, 6.07) is 8.37. The van der Waals surface area contributed by atoms with E-state index in [4.69, 9.17) is 5.73 Å². The molecule has 0 spiro atoms. The number of hydrogen-bond acceptors (Lipinski definition) is 6. The van der Waals surface area contributed by atoms with Crippen LogP contribution in [0.2, 0.25) is 0 Å². The number of likely N-dealkylation sites (N-methyl/N-ethyl adjacent to an activating group) is 1. The molecule has 22 heavy (non-hydrogen) atoms. The molecule has 3 rings (SSSR count). The highest BCUT2D eigenvalue weighted by Gasteiger charge is 2.26.